The van der Waals surface area contributed by atoms with Crippen molar-refractivity contribution in [3.8, 4) is 0 Å². The van der Waals surface area contributed by atoms with E-state index in [9.17, 15) is 9.59 Å². The van der Waals surface area contributed by atoms with Gasteiger partial charge in [0.15, 0.2) is 0 Å². The lowest BCUT2D eigenvalue weighted by Gasteiger charge is -2.31. The van der Waals surface area contributed by atoms with E-state index < -0.39 is 5.97 Å². The Morgan fingerprint density at radius 3 is 3.00 bits per heavy atom. The SMILES string of the molecule is CNCCN1CC(=O)Nc2ccc(C(=O)O)cc21. The van der Waals surface area contributed by atoms with E-state index in [0.29, 0.717) is 12.2 Å². The fraction of sp³-hybridized carbons (Fsp3) is 0.333. The van der Waals surface area contributed by atoms with Gasteiger partial charge in [-0.25, -0.2) is 4.79 Å². The quantitative estimate of drug-likeness (QED) is 0.718. The zero-order valence-electron chi connectivity index (χ0n) is 10.1. The molecule has 0 saturated heterocycles. The summed E-state index contributed by atoms with van der Waals surface area (Å²) in [7, 11) is 1.83. The maximum absolute atomic E-state index is 11.5. The molecule has 6 nitrogen and oxygen atoms in total. The minimum Gasteiger partial charge on any atom is -0.478 e. The first-order chi connectivity index (χ1) is 8.61. The molecule has 0 radical (unpaired) electrons. The Bertz CT molecular complexity index is 487. The Morgan fingerprint density at radius 2 is 2.33 bits per heavy atom. The number of amides is 1. The van der Waals surface area contributed by atoms with Crippen LogP contribution in [-0.4, -0.2) is 43.7 Å². The third-order valence-electron chi connectivity index (χ3n) is 2.83. The van der Waals surface area contributed by atoms with E-state index in [1.807, 2.05) is 11.9 Å². The summed E-state index contributed by atoms with van der Waals surface area (Å²) in [5.41, 5.74) is 1.64. The Hall–Kier alpha value is -2.08. The Labute approximate surface area is 105 Å². The lowest BCUT2D eigenvalue weighted by Crippen LogP contribution is -2.41. The molecule has 0 atom stereocenters. The summed E-state index contributed by atoms with van der Waals surface area (Å²) in [6.07, 6.45) is 0. The van der Waals surface area contributed by atoms with Crippen LogP contribution < -0.4 is 15.5 Å². The summed E-state index contributed by atoms with van der Waals surface area (Å²) in [5.74, 6) is -1.05. The fourth-order valence-electron chi connectivity index (χ4n) is 1.93. The van der Waals surface area contributed by atoms with Gasteiger partial charge in [0.1, 0.15) is 0 Å². The maximum Gasteiger partial charge on any atom is 0.335 e. The van der Waals surface area contributed by atoms with Crippen LogP contribution in [0.15, 0.2) is 18.2 Å². The van der Waals surface area contributed by atoms with Crippen molar-refractivity contribution in [1.29, 1.82) is 0 Å². The van der Waals surface area contributed by atoms with Crippen LogP contribution in [0.25, 0.3) is 0 Å². The number of carboxylic acids is 1. The highest BCUT2D eigenvalue weighted by Gasteiger charge is 2.22. The molecule has 2 rings (SSSR count). The second-order valence-corrected chi connectivity index (χ2v) is 4.11. The van der Waals surface area contributed by atoms with E-state index in [4.69, 9.17) is 5.11 Å². The van der Waals surface area contributed by atoms with Gasteiger partial charge in [-0.05, 0) is 25.2 Å². The van der Waals surface area contributed by atoms with Gasteiger partial charge in [0.2, 0.25) is 5.91 Å². The van der Waals surface area contributed by atoms with Gasteiger partial charge in [0.05, 0.1) is 23.5 Å². The van der Waals surface area contributed by atoms with Gasteiger partial charge in [0.25, 0.3) is 0 Å². The maximum atomic E-state index is 11.5. The molecule has 1 heterocycles. The van der Waals surface area contributed by atoms with Gasteiger partial charge >= 0.3 is 5.97 Å². The monoisotopic (exact) mass is 249 g/mol. The summed E-state index contributed by atoms with van der Waals surface area (Å²) >= 11 is 0. The van der Waals surface area contributed by atoms with E-state index in [2.05, 4.69) is 10.6 Å². The molecule has 6 heteroatoms. The van der Waals surface area contributed by atoms with Gasteiger partial charge in [0, 0.05) is 13.1 Å². The van der Waals surface area contributed by atoms with Crippen molar-refractivity contribution in [2.45, 2.75) is 0 Å². The van der Waals surface area contributed by atoms with Crippen LogP contribution in [0.4, 0.5) is 11.4 Å². The lowest BCUT2D eigenvalue weighted by atomic mass is 10.1. The minimum absolute atomic E-state index is 0.0818. The number of benzene rings is 1. The van der Waals surface area contributed by atoms with Crippen LogP contribution >= 0.6 is 0 Å². The molecule has 0 saturated carbocycles. The summed E-state index contributed by atoms with van der Waals surface area (Å²) in [6.45, 7) is 1.63. The van der Waals surface area contributed by atoms with Crippen molar-refractivity contribution in [2.24, 2.45) is 0 Å². The average molecular weight is 249 g/mol. The summed E-state index contributed by atoms with van der Waals surface area (Å²) in [5, 5.41) is 14.7. The summed E-state index contributed by atoms with van der Waals surface area (Å²) < 4.78 is 0. The summed E-state index contributed by atoms with van der Waals surface area (Å²) in [4.78, 5) is 24.4. The van der Waals surface area contributed by atoms with E-state index in [-0.39, 0.29) is 18.0 Å². The molecule has 1 aliphatic rings. The fourth-order valence-corrected chi connectivity index (χ4v) is 1.93. The average Bonchev–Trinajstić information content (AvgIpc) is 2.35. The highest BCUT2D eigenvalue weighted by Crippen LogP contribution is 2.30. The number of hydrogen-bond donors (Lipinski definition) is 3. The molecule has 1 amide bonds. The molecule has 0 unspecified atom stereocenters. The number of anilines is 2. The number of aromatic carboxylic acids is 1. The van der Waals surface area contributed by atoms with E-state index >= 15 is 0 Å². The number of hydrogen-bond acceptors (Lipinski definition) is 4. The number of fused-ring (bicyclic) bond motifs is 1. The number of likely N-dealkylation sites (N-methyl/N-ethyl adjacent to an activating group) is 1. The lowest BCUT2D eigenvalue weighted by molar-refractivity contribution is -0.115. The Morgan fingerprint density at radius 1 is 1.56 bits per heavy atom. The standard InChI is InChI=1S/C12H15N3O3/c1-13-4-5-15-7-11(16)14-9-3-2-8(12(17)18)6-10(9)15/h2-3,6,13H,4-5,7H2,1H3,(H,14,16)(H,17,18). The highest BCUT2D eigenvalue weighted by atomic mass is 16.4. The Kier molecular flexibility index (Phi) is 3.47. The molecule has 0 aromatic heterocycles. The molecule has 1 aliphatic heterocycles. The topological polar surface area (TPSA) is 81.7 Å². The van der Waals surface area contributed by atoms with Gasteiger partial charge < -0.3 is 20.6 Å². The van der Waals surface area contributed by atoms with Crippen LogP contribution in [0.5, 0.6) is 0 Å². The van der Waals surface area contributed by atoms with Crippen molar-refractivity contribution in [3.05, 3.63) is 23.8 Å². The predicted molar refractivity (Wildman–Crippen MR) is 68.2 cm³/mol. The highest BCUT2D eigenvalue weighted by molar-refractivity contribution is 6.02. The van der Waals surface area contributed by atoms with Crippen molar-refractivity contribution < 1.29 is 14.7 Å². The molecule has 0 spiro atoms. The number of nitrogens with one attached hydrogen (secondary N) is 2. The zero-order valence-corrected chi connectivity index (χ0v) is 10.1. The molecule has 0 bridgehead atoms. The number of carbonyl (C=O) groups excluding carboxylic acids is 1. The second-order valence-electron chi connectivity index (χ2n) is 4.11. The smallest absolute Gasteiger partial charge is 0.335 e. The first-order valence-electron chi connectivity index (χ1n) is 5.68. The minimum atomic E-state index is -0.969. The number of rotatable bonds is 4. The van der Waals surface area contributed by atoms with Gasteiger partial charge in [-0.1, -0.05) is 0 Å². The van der Waals surface area contributed by atoms with E-state index in [1.54, 1.807) is 12.1 Å². The largest absolute Gasteiger partial charge is 0.478 e. The predicted octanol–water partition coefficient (Wildman–Crippen LogP) is 0.363. The second kappa shape index (κ2) is 5.05. The molecule has 0 fully saturated rings. The van der Waals surface area contributed by atoms with Crippen molar-refractivity contribution in [1.82, 2.24) is 5.32 Å². The molecular formula is C12H15N3O3. The molecule has 0 aliphatic carbocycles. The third-order valence-corrected chi connectivity index (χ3v) is 2.83. The molecule has 96 valence electrons. The van der Waals surface area contributed by atoms with Gasteiger partial charge in [-0.3, -0.25) is 4.79 Å². The molecule has 1 aromatic rings. The van der Waals surface area contributed by atoms with Crippen LogP contribution in [0.1, 0.15) is 10.4 Å². The van der Waals surface area contributed by atoms with Crippen molar-refractivity contribution in [3.63, 3.8) is 0 Å². The van der Waals surface area contributed by atoms with Gasteiger partial charge in [-0.15, -0.1) is 0 Å². The number of carbonyl (C=O) groups is 2. The van der Waals surface area contributed by atoms with Crippen LogP contribution in [0, 0.1) is 0 Å². The van der Waals surface area contributed by atoms with Crippen LogP contribution in [0.3, 0.4) is 0 Å². The Balaban J connectivity index is 2.34. The first kappa shape index (κ1) is 12.4. The molecule has 1 aromatic carbocycles. The summed E-state index contributed by atoms with van der Waals surface area (Å²) in [6, 6.07) is 4.71. The molecular weight excluding hydrogens is 234 g/mol. The third kappa shape index (κ3) is 2.43. The van der Waals surface area contributed by atoms with Crippen LogP contribution in [0.2, 0.25) is 0 Å². The van der Waals surface area contributed by atoms with Gasteiger partial charge in [-0.2, -0.15) is 0 Å². The number of nitrogens with zero attached hydrogens (tertiary/aromatic N) is 1. The van der Waals surface area contributed by atoms with Crippen molar-refractivity contribution >= 4 is 23.3 Å². The van der Waals surface area contributed by atoms with E-state index in [1.165, 1.54) is 6.07 Å². The molecule has 18 heavy (non-hydrogen) atoms. The first-order valence-corrected chi connectivity index (χ1v) is 5.68. The number of carboxylic acid groups (broad SMARTS) is 1. The molecule has 3 N–H and O–H groups in total. The van der Waals surface area contributed by atoms with Crippen molar-refractivity contribution in [2.75, 3.05) is 36.9 Å². The van der Waals surface area contributed by atoms with Crippen LogP contribution in [-0.2, 0) is 4.79 Å². The normalized spacial score (nSPS) is 14.1. The van der Waals surface area contributed by atoms with E-state index in [0.717, 1.165) is 12.2 Å². The zero-order chi connectivity index (χ0) is 13.1.